The zero-order valence-corrected chi connectivity index (χ0v) is 12.0. The normalized spacial score (nSPS) is 23.1. The molecule has 0 saturated carbocycles. The minimum absolute atomic E-state index is 0.0508. The Bertz CT molecular complexity index is 601. The number of hydrogen-bond donors (Lipinski definition) is 1. The molecule has 19 heavy (non-hydrogen) atoms. The Balaban J connectivity index is 2.06. The first-order valence-corrected chi connectivity index (χ1v) is 6.85. The topological polar surface area (TPSA) is 69.4 Å². The van der Waals surface area contributed by atoms with E-state index in [2.05, 4.69) is 25.9 Å². The molecule has 102 valence electrons. The number of aromatic nitrogens is 3. The fourth-order valence-electron chi connectivity index (χ4n) is 2.41. The number of ether oxygens (including phenoxy) is 2. The monoisotopic (exact) mass is 327 g/mol. The fourth-order valence-corrected chi connectivity index (χ4v) is 2.98. The van der Waals surface area contributed by atoms with Gasteiger partial charge in [-0.2, -0.15) is 0 Å². The lowest BCUT2D eigenvalue weighted by molar-refractivity contribution is -0.0205. The highest BCUT2D eigenvalue weighted by Crippen LogP contribution is 2.36. The molecule has 0 radical (unpaired) electrons. The number of fused-ring (bicyclic) bond motifs is 1. The Morgan fingerprint density at radius 3 is 3.05 bits per heavy atom. The molecule has 3 rings (SSSR count). The third kappa shape index (κ3) is 2.11. The van der Waals surface area contributed by atoms with Gasteiger partial charge in [0, 0.05) is 6.20 Å². The molecule has 2 aromatic rings. The van der Waals surface area contributed by atoms with Gasteiger partial charge in [-0.15, -0.1) is 0 Å². The van der Waals surface area contributed by atoms with E-state index in [-0.39, 0.29) is 18.9 Å². The Hall–Kier alpha value is -1.18. The van der Waals surface area contributed by atoms with Crippen molar-refractivity contribution < 1.29 is 14.6 Å². The van der Waals surface area contributed by atoms with Crippen LogP contribution in [0, 0.1) is 0 Å². The van der Waals surface area contributed by atoms with Crippen LogP contribution in [0.5, 0.6) is 5.88 Å². The first-order chi connectivity index (χ1) is 9.24. The number of rotatable bonds is 3. The van der Waals surface area contributed by atoms with Crippen molar-refractivity contribution in [3.05, 3.63) is 17.0 Å². The zero-order chi connectivity index (χ0) is 13.4. The van der Waals surface area contributed by atoms with E-state index in [4.69, 9.17) is 14.6 Å². The van der Waals surface area contributed by atoms with Gasteiger partial charge in [0.05, 0.1) is 29.7 Å². The molecule has 1 fully saturated rings. The average Bonchev–Trinajstić information content (AvgIpc) is 3.03. The van der Waals surface area contributed by atoms with E-state index in [1.807, 2.05) is 10.8 Å². The number of hydrogen-bond acceptors (Lipinski definition) is 5. The van der Waals surface area contributed by atoms with Crippen molar-refractivity contribution in [2.75, 3.05) is 13.7 Å². The van der Waals surface area contributed by atoms with Crippen LogP contribution in [-0.4, -0.2) is 39.5 Å². The van der Waals surface area contributed by atoms with E-state index >= 15 is 0 Å². The molecule has 1 aliphatic heterocycles. The van der Waals surface area contributed by atoms with E-state index in [1.54, 1.807) is 7.11 Å². The minimum Gasteiger partial charge on any atom is -0.480 e. The average molecular weight is 328 g/mol. The lowest BCUT2D eigenvalue weighted by atomic mass is 10.2. The summed E-state index contributed by atoms with van der Waals surface area (Å²) in [6.45, 7) is 0.0508. The third-order valence-corrected chi connectivity index (χ3v) is 3.92. The standard InChI is InChI=1S/C12H14BrN3O3/c1-18-12-10-8(13)4-16(11(10)14-6-15-12)9-3-2-7(5-17)19-9/h4,6-7,9,17H,2-3,5H2,1H3. The smallest absolute Gasteiger partial charge is 0.226 e. The highest BCUT2D eigenvalue weighted by atomic mass is 79.9. The zero-order valence-electron chi connectivity index (χ0n) is 10.4. The minimum atomic E-state index is -0.106. The Kier molecular flexibility index (Phi) is 3.42. The van der Waals surface area contributed by atoms with Crippen LogP contribution in [0.3, 0.4) is 0 Å². The van der Waals surface area contributed by atoms with Crippen LogP contribution in [0.25, 0.3) is 11.0 Å². The molecule has 1 saturated heterocycles. The molecule has 6 nitrogen and oxygen atoms in total. The lowest BCUT2D eigenvalue weighted by Gasteiger charge is -2.14. The van der Waals surface area contributed by atoms with Gasteiger partial charge in [0.25, 0.3) is 0 Å². The van der Waals surface area contributed by atoms with Crippen LogP contribution in [0.4, 0.5) is 0 Å². The summed E-state index contributed by atoms with van der Waals surface area (Å²) in [5, 5.41) is 9.98. The second-order valence-corrected chi connectivity index (χ2v) is 5.29. The van der Waals surface area contributed by atoms with E-state index < -0.39 is 0 Å². The first kappa shape index (κ1) is 12.8. The van der Waals surface area contributed by atoms with Gasteiger partial charge in [-0.25, -0.2) is 9.97 Å². The van der Waals surface area contributed by atoms with Crippen molar-refractivity contribution in [3.8, 4) is 5.88 Å². The molecule has 1 N–H and O–H groups in total. The van der Waals surface area contributed by atoms with Crippen LogP contribution < -0.4 is 4.74 Å². The van der Waals surface area contributed by atoms with E-state index in [0.29, 0.717) is 5.88 Å². The van der Waals surface area contributed by atoms with Crippen molar-refractivity contribution >= 4 is 27.0 Å². The second kappa shape index (κ2) is 5.07. The number of nitrogens with zero attached hydrogens (tertiary/aromatic N) is 3. The Morgan fingerprint density at radius 2 is 2.37 bits per heavy atom. The van der Waals surface area contributed by atoms with E-state index in [0.717, 1.165) is 28.3 Å². The molecule has 0 amide bonds. The number of aliphatic hydroxyl groups is 1. The van der Waals surface area contributed by atoms with Gasteiger partial charge in [0.2, 0.25) is 5.88 Å². The molecule has 2 aromatic heterocycles. The summed E-state index contributed by atoms with van der Waals surface area (Å²) in [6.07, 6.45) is 4.90. The summed E-state index contributed by atoms with van der Waals surface area (Å²) in [4.78, 5) is 8.41. The van der Waals surface area contributed by atoms with Gasteiger partial charge in [0.15, 0.2) is 5.65 Å². The van der Waals surface area contributed by atoms with Crippen molar-refractivity contribution in [1.82, 2.24) is 14.5 Å². The van der Waals surface area contributed by atoms with Crippen molar-refractivity contribution in [3.63, 3.8) is 0 Å². The van der Waals surface area contributed by atoms with Crippen molar-refractivity contribution in [2.45, 2.75) is 25.2 Å². The number of halogens is 1. The fraction of sp³-hybridized carbons (Fsp3) is 0.500. The predicted molar refractivity (Wildman–Crippen MR) is 72.0 cm³/mol. The number of methoxy groups -OCH3 is 1. The highest BCUT2D eigenvalue weighted by molar-refractivity contribution is 9.10. The Morgan fingerprint density at radius 1 is 1.53 bits per heavy atom. The van der Waals surface area contributed by atoms with Gasteiger partial charge in [-0.3, -0.25) is 0 Å². The predicted octanol–water partition coefficient (Wildman–Crippen LogP) is 1.87. The molecule has 0 aliphatic carbocycles. The Labute approximate surface area is 118 Å². The highest BCUT2D eigenvalue weighted by Gasteiger charge is 2.28. The van der Waals surface area contributed by atoms with Crippen LogP contribution in [0.2, 0.25) is 0 Å². The molecule has 3 heterocycles. The molecule has 1 aliphatic rings. The lowest BCUT2D eigenvalue weighted by Crippen LogP contribution is -2.14. The summed E-state index contributed by atoms with van der Waals surface area (Å²) in [5.41, 5.74) is 0.766. The molecular weight excluding hydrogens is 314 g/mol. The summed E-state index contributed by atoms with van der Waals surface area (Å²) < 4.78 is 13.9. The van der Waals surface area contributed by atoms with Crippen molar-refractivity contribution in [1.29, 1.82) is 0 Å². The molecular formula is C12H14BrN3O3. The van der Waals surface area contributed by atoms with E-state index in [9.17, 15) is 0 Å². The molecule has 0 spiro atoms. The summed E-state index contributed by atoms with van der Waals surface area (Å²) in [5.74, 6) is 0.535. The molecule has 2 atom stereocenters. The summed E-state index contributed by atoms with van der Waals surface area (Å²) in [6, 6.07) is 0. The maximum Gasteiger partial charge on any atom is 0.226 e. The summed E-state index contributed by atoms with van der Waals surface area (Å²) >= 11 is 3.50. The maximum atomic E-state index is 9.14. The van der Waals surface area contributed by atoms with Gasteiger partial charge in [0.1, 0.15) is 12.6 Å². The molecule has 7 heteroatoms. The van der Waals surface area contributed by atoms with Gasteiger partial charge in [-0.1, -0.05) is 0 Å². The van der Waals surface area contributed by atoms with E-state index in [1.165, 1.54) is 6.33 Å². The quantitative estimate of drug-likeness (QED) is 0.932. The third-order valence-electron chi connectivity index (χ3n) is 3.32. The SMILES string of the molecule is COc1ncnc2c1c(Br)cn2C1CCC(CO)O1. The number of aliphatic hydroxyl groups excluding tert-OH is 1. The molecule has 0 aromatic carbocycles. The van der Waals surface area contributed by atoms with Crippen LogP contribution in [0.1, 0.15) is 19.1 Å². The summed E-state index contributed by atoms with van der Waals surface area (Å²) in [7, 11) is 1.58. The van der Waals surface area contributed by atoms with Crippen LogP contribution in [0.15, 0.2) is 17.0 Å². The first-order valence-electron chi connectivity index (χ1n) is 6.06. The van der Waals surface area contributed by atoms with Crippen molar-refractivity contribution in [2.24, 2.45) is 0 Å². The van der Waals surface area contributed by atoms with Gasteiger partial charge >= 0.3 is 0 Å². The van der Waals surface area contributed by atoms with Crippen LogP contribution in [-0.2, 0) is 4.74 Å². The van der Waals surface area contributed by atoms with Crippen LogP contribution >= 0.6 is 15.9 Å². The molecule has 2 unspecified atom stereocenters. The van der Waals surface area contributed by atoms with Gasteiger partial charge < -0.3 is 19.1 Å². The molecule has 0 bridgehead atoms. The van der Waals surface area contributed by atoms with Gasteiger partial charge in [-0.05, 0) is 28.8 Å². The largest absolute Gasteiger partial charge is 0.480 e. The maximum absolute atomic E-state index is 9.14. The second-order valence-electron chi connectivity index (χ2n) is 4.44.